The summed E-state index contributed by atoms with van der Waals surface area (Å²) in [6.45, 7) is 0.487. The van der Waals surface area contributed by atoms with E-state index in [-0.39, 0.29) is 18.0 Å². The molecule has 2 heterocycles. The molecule has 1 N–H and O–H groups in total. The first-order valence-electron chi connectivity index (χ1n) is 6.89. The number of benzene rings is 1. The predicted octanol–water partition coefficient (Wildman–Crippen LogP) is 2.22. The molecule has 0 amide bonds. The van der Waals surface area contributed by atoms with E-state index in [1.165, 1.54) is 6.07 Å². The third kappa shape index (κ3) is 3.17. The van der Waals surface area contributed by atoms with Gasteiger partial charge >= 0.3 is 0 Å². The molecule has 0 spiro atoms. The molecular formula is C16H14FN3O2. The minimum Gasteiger partial charge on any atom is -0.373 e. The Hall–Kier alpha value is -2.60. The molecule has 5 nitrogen and oxygen atoms in total. The second-order valence-corrected chi connectivity index (χ2v) is 4.78. The lowest BCUT2D eigenvalue weighted by Gasteiger charge is -2.05. The topological polar surface area (TPSA) is 67.9 Å². The zero-order valence-corrected chi connectivity index (χ0v) is 11.8. The molecule has 112 valence electrons. The van der Waals surface area contributed by atoms with Crippen LogP contribution in [0.5, 0.6) is 0 Å². The van der Waals surface area contributed by atoms with Crippen LogP contribution in [0.15, 0.2) is 47.4 Å². The molecule has 2 aromatic heterocycles. The number of H-pyrrole nitrogens is 1. The van der Waals surface area contributed by atoms with Crippen molar-refractivity contribution < 1.29 is 9.13 Å². The van der Waals surface area contributed by atoms with Crippen molar-refractivity contribution in [3.8, 4) is 0 Å². The van der Waals surface area contributed by atoms with Crippen molar-refractivity contribution in [1.82, 2.24) is 15.0 Å². The van der Waals surface area contributed by atoms with Crippen LogP contribution in [0.2, 0.25) is 0 Å². The van der Waals surface area contributed by atoms with Gasteiger partial charge in [0.2, 0.25) is 0 Å². The van der Waals surface area contributed by atoms with Crippen molar-refractivity contribution in [1.29, 1.82) is 0 Å². The fourth-order valence-electron chi connectivity index (χ4n) is 2.14. The van der Waals surface area contributed by atoms with Crippen molar-refractivity contribution in [3.05, 3.63) is 70.2 Å². The van der Waals surface area contributed by atoms with Gasteiger partial charge in [-0.1, -0.05) is 18.2 Å². The molecule has 0 unspecified atom stereocenters. The molecule has 0 radical (unpaired) electrons. The lowest BCUT2D eigenvalue weighted by molar-refractivity contribution is 0.118. The van der Waals surface area contributed by atoms with Crippen molar-refractivity contribution in [2.45, 2.75) is 13.0 Å². The second-order valence-electron chi connectivity index (χ2n) is 4.78. The summed E-state index contributed by atoms with van der Waals surface area (Å²) in [5.74, 6) is 0.164. The normalized spacial score (nSPS) is 11.0. The Morgan fingerprint density at radius 3 is 2.91 bits per heavy atom. The quantitative estimate of drug-likeness (QED) is 0.733. The first kappa shape index (κ1) is 14.3. The van der Waals surface area contributed by atoms with Crippen LogP contribution in [0, 0.1) is 5.82 Å². The number of hydrogen-bond acceptors (Lipinski definition) is 4. The highest BCUT2D eigenvalue weighted by atomic mass is 19.1. The Morgan fingerprint density at radius 1 is 1.18 bits per heavy atom. The van der Waals surface area contributed by atoms with Gasteiger partial charge in [-0.25, -0.2) is 14.4 Å². The third-order valence-corrected chi connectivity index (χ3v) is 3.24. The number of fused-ring (bicyclic) bond motifs is 1. The molecule has 0 fully saturated rings. The fraction of sp³-hybridized carbons (Fsp3) is 0.188. The van der Waals surface area contributed by atoms with Gasteiger partial charge in [-0.3, -0.25) is 4.79 Å². The molecule has 0 aliphatic carbocycles. The molecule has 3 aromatic rings. The van der Waals surface area contributed by atoms with Crippen molar-refractivity contribution >= 4 is 11.0 Å². The molecule has 0 atom stereocenters. The third-order valence-electron chi connectivity index (χ3n) is 3.24. The van der Waals surface area contributed by atoms with Crippen molar-refractivity contribution in [2.24, 2.45) is 0 Å². The molecule has 0 aliphatic heterocycles. The van der Waals surface area contributed by atoms with Gasteiger partial charge in [0.1, 0.15) is 18.2 Å². The Kier molecular flexibility index (Phi) is 4.20. The average molecular weight is 299 g/mol. The van der Waals surface area contributed by atoms with Crippen molar-refractivity contribution in [2.75, 3.05) is 6.61 Å². The molecule has 3 rings (SSSR count). The van der Waals surface area contributed by atoms with E-state index < -0.39 is 0 Å². The van der Waals surface area contributed by atoms with Crippen LogP contribution in [-0.4, -0.2) is 21.6 Å². The molecule has 0 aliphatic rings. The zero-order chi connectivity index (χ0) is 15.4. The van der Waals surface area contributed by atoms with E-state index in [0.29, 0.717) is 35.4 Å². The maximum absolute atomic E-state index is 13.4. The van der Waals surface area contributed by atoms with E-state index >= 15 is 0 Å². The van der Waals surface area contributed by atoms with Gasteiger partial charge in [-0.2, -0.15) is 0 Å². The Balaban J connectivity index is 1.62. The molecule has 0 bridgehead atoms. The summed E-state index contributed by atoms with van der Waals surface area (Å²) in [5, 5.41) is 0.442. The largest absolute Gasteiger partial charge is 0.373 e. The molecule has 6 heteroatoms. The molecular weight excluding hydrogens is 285 g/mol. The van der Waals surface area contributed by atoms with Crippen LogP contribution in [0.1, 0.15) is 11.4 Å². The monoisotopic (exact) mass is 299 g/mol. The summed E-state index contributed by atoms with van der Waals surface area (Å²) in [5.41, 5.74) is 0.744. The molecule has 0 saturated carbocycles. The van der Waals surface area contributed by atoms with Crippen LogP contribution in [0.3, 0.4) is 0 Å². The van der Waals surface area contributed by atoms with Crippen LogP contribution >= 0.6 is 0 Å². The van der Waals surface area contributed by atoms with Crippen LogP contribution < -0.4 is 5.56 Å². The highest BCUT2D eigenvalue weighted by molar-refractivity contribution is 5.72. The minimum atomic E-state index is -0.245. The van der Waals surface area contributed by atoms with E-state index in [4.69, 9.17) is 4.74 Å². The standard InChI is InChI=1S/C16H14FN3O2/c17-13-6-2-1-4-11(13)7-9-22-10-14-19-15-12(16(21)20-14)5-3-8-18-15/h1-6,8H,7,9-10H2,(H,18,19,20,21). The summed E-state index contributed by atoms with van der Waals surface area (Å²) in [6, 6.07) is 9.92. The number of hydrogen-bond donors (Lipinski definition) is 1. The van der Waals surface area contributed by atoms with Crippen LogP contribution in [-0.2, 0) is 17.8 Å². The Bertz CT molecular complexity index is 848. The number of halogens is 1. The number of rotatable bonds is 5. The number of nitrogens with one attached hydrogen (secondary N) is 1. The first-order valence-corrected chi connectivity index (χ1v) is 6.89. The minimum absolute atomic E-state index is 0.149. The summed E-state index contributed by atoms with van der Waals surface area (Å²) in [4.78, 5) is 22.8. The summed E-state index contributed by atoms with van der Waals surface area (Å²) in [6.07, 6.45) is 2.04. The Morgan fingerprint density at radius 2 is 2.05 bits per heavy atom. The van der Waals surface area contributed by atoms with Crippen molar-refractivity contribution in [3.63, 3.8) is 0 Å². The van der Waals surface area contributed by atoms with E-state index in [1.807, 2.05) is 0 Å². The van der Waals surface area contributed by atoms with Gasteiger partial charge in [0.05, 0.1) is 12.0 Å². The zero-order valence-electron chi connectivity index (χ0n) is 11.8. The van der Waals surface area contributed by atoms with Gasteiger partial charge in [-0.15, -0.1) is 0 Å². The van der Waals surface area contributed by atoms with E-state index in [2.05, 4.69) is 15.0 Å². The maximum atomic E-state index is 13.4. The lowest BCUT2D eigenvalue weighted by atomic mass is 10.1. The number of aromatic nitrogens is 3. The van der Waals surface area contributed by atoms with Gasteiger partial charge in [-0.05, 0) is 30.2 Å². The molecule has 0 saturated heterocycles. The summed E-state index contributed by atoms with van der Waals surface area (Å²) < 4.78 is 18.9. The summed E-state index contributed by atoms with van der Waals surface area (Å²) >= 11 is 0. The lowest BCUT2D eigenvalue weighted by Crippen LogP contribution is -2.14. The summed E-state index contributed by atoms with van der Waals surface area (Å²) in [7, 11) is 0. The van der Waals surface area contributed by atoms with E-state index in [0.717, 1.165) is 0 Å². The SMILES string of the molecule is O=c1[nH]c(COCCc2ccccc2F)nc2ncccc12. The van der Waals surface area contributed by atoms with Gasteiger partial charge in [0.25, 0.3) is 5.56 Å². The number of pyridine rings is 1. The smallest absolute Gasteiger partial charge is 0.260 e. The molecule has 1 aromatic carbocycles. The number of aromatic amines is 1. The van der Waals surface area contributed by atoms with Gasteiger partial charge in [0.15, 0.2) is 5.65 Å². The van der Waals surface area contributed by atoms with E-state index in [9.17, 15) is 9.18 Å². The first-order chi connectivity index (χ1) is 10.7. The van der Waals surface area contributed by atoms with E-state index in [1.54, 1.807) is 36.5 Å². The van der Waals surface area contributed by atoms with Crippen LogP contribution in [0.4, 0.5) is 4.39 Å². The maximum Gasteiger partial charge on any atom is 0.260 e. The highest BCUT2D eigenvalue weighted by Crippen LogP contribution is 2.08. The average Bonchev–Trinajstić information content (AvgIpc) is 2.53. The fourth-order valence-corrected chi connectivity index (χ4v) is 2.14. The predicted molar refractivity (Wildman–Crippen MR) is 79.9 cm³/mol. The molecule has 22 heavy (non-hydrogen) atoms. The second kappa shape index (κ2) is 6.44. The Labute approximate surface area is 125 Å². The van der Waals surface area contributed by atoms with Gasteiger partial charge < -0.3 is 9.72 Å². The highest BCUT2D eigenvalue weighted by Gasteiger charge is 2.05. The number of nitrogens with zero attached hydrogens (tertiary/aromatic N) is 2. The van der Waals surface area contributed by atoms with Gasteiger partial charge in [0, 0.05) is 6.20 Å². The number of ether oxygens (including phenoxy) is 1. The van der Waals surface area contributed by atoms with Crippen LogP contribution in [0.25, 0.3) is 11.0 Å².